The molecule has 0 bridgehead atoms. The number of carbonyl (C=O) groups excluding carboxylic acids is 3. The van der Waals surface area contributed by atoms with Gasteiger partial charge in [0.25, 0.3) is 0 Å². The van der Waals surface area contributed by atoms with E-state index in [2.05, 4.69) is 21.3 Å². The maximum Gasteiger partial charge on any atom is 0.247 e. The summed E-state index contributed by atoms with van der Waals surface area (Å²) >= 11 is 0. The van der Waals surface area contributed by atoms with E-state index in [1.54, 1.807) is 0 Å². The highest BCUT2D eigenvalue weighted by molar-refractivity contribution is 5.97. The van der Waals surface area contributed by atoms with Crippen LogP contribution in [0.15, 0.2) is 84.9 Å². The van der Waals surface area contributed by atoms with Crippen LogP contribution in [0.1, 0.15) is 36.1 Å². The summed E-state index contributed by atoms with van der Waals surface area (Å²) in [5.74, 6) is -0.251. The quantitative estimate of drug-likeness (QED) is 0.381. The summed E-state index contributed by atoms with van der Waals surface area (Å²) in [7, 11) is 0. The van der Waals surface area contributed by atoms with Gasteiger partial charge in [0, 0.05) is 37.9 Å². The lowest BCUT2D eigenvalue weighted by molar-refractivity contribution is -0.136. The van der Waals surface area contributed by atoms with E-state index in [1.165, 1.54) is 0 Å². The lowest BCUT2D eigenvalue weighted by Gasteiger charge is -2.33. The summed E-state index contributed by atoms with van der Waals surface area (Å²) in [6.45, 7) is 5.03. The van der Waals surface area contributed by atoms with Gasteiger partial charge >= 0.3 is 0 Å². The van der Waals surface area contributed by atoms with Crippen LogP contribution in [0.4, 0.5) is 0 Å². The van der Waals surface area contributed by atoms with Crippen molar-refractivity contribution in [2.45, 2.75) is 50.7 Å². The molecule has 1 spiro atoms. The first-order valence-electron chi connectivity index (χ1n) is 15.0. The van der Waals surface area contributed by atoms with Crippen molar-refractivity contribution < 1.29 is 19.1 Å². The van der Waals surface area contributed by atoms with Gasteiger partial charge < -0.3 is 26.0 Å². The second kappa shape index (κ2) is 13.7. The molecule has 8 nitrogen and oxygen atoms in total. The summed E-state index contributed by atoms with van der Waals surface area (Å²) in [6.07, 6.45) is 4.77. The third-order valence-corrected chi connectivity index (χ3v) is 8.09. The molecular weight excluding hydrogens is 540 g/mol. The number of hydrogen-bond donors (Lipinski definition) is 4. The summed E-state index contributed by atoms with van der Waals surface area (Å²) in [5, 5.41) is 12.5. The summed E-state index contributed by atoms with van der Waals surface area (Å²) in [5.41, 5.74) is 2.59. The monoisotopic (exact) mass is 580 g/mol. The summed E-state index contributed by atoms with van der Waals surface area (Å²) in [6, 6.07) is 23.8. The Morgan fingerprint density at radius 1 is 0.860 bits per heavy atom. The zero-order chi connectivity index (χ0) is 30.2. The Kier molecular flexibility index (Phi) is 9.57. The molecule has 3 aromatic rings. The molecule has 3 aromatic carbocycles. The standard InChI is InChI=1S/C35H40N4O4/c1-24(2)31-33(41)39-35(22-27-14-6-7-15-28(27)23-35)34(42)38-29(21-25-11-4-3-5-12-25)32(40)37-18-10-16-26-13-8-9-17-30(26)43-20-19-36-31/h3-17,24,29,31,36H,18-23H2,1-2H3,(H,37,40)(H,38,42)(H,39,41)/b16-10-/t29-,31-/m0/s1. The fourth-order valence-corrected chi connectivity index (χ4v) is 5.81. The predicted molar refractivity (Wildman–Crippen MR) is 167 cm³/mol. The number of carbonyl (C=O) groups is 3. The Labute approximate surface area is 253 Å². The molecule has 4 N–H and O–H groups in total. The van der Waals surface area contributed by atoms with Crippen LogP contribution >= 0.6 is 0 Å². The van der Waals surface area contributed by atoms with Crippen molar-refractivity contribution in [2.75, 3.05) is 19.7 Å². The first-order valence-corrected chi connectivity index (χ1v) is 15.0. The van der Waals surface area contributed by atoms with Crippen molar-refractivity contribution in [3.8, 4) is 5.75 Å². The lowest BCUT2D eigenvalue weighted by Crippen LogP contribution is -2.65. The van der Waals surface area contributed by atoms with Crippen LogP contribution in [-0.4, -0.2) is 55.0 Å². The Morgan fingerprint density at radius 3 is 2.26 bits per heavy atom. The number of amides is 3. The van der Waals surface area contributed by atoms with Crippen molar-refractivity contribution >= 4 is 23.8 Å². The van der Waals surface area contributed by atoms with Gasteiger partial charge in [0.2, 0.25) is 17.7 Å². The number of hydrogen-bond acceptors (Lipinski definition) is 5. The average molecular weight is 581 g/mol. The minimum Gasteiger partial charge on any atom is -0.492 e. The molecule has 8 heteroatoms. The number of nitrogens with one attached hydrogen (secondary N) is 4. The Balaban J connectivity index is 1.48. The van der Waals surface area contributed by atoms with Gasteiger partial charge in [0.15, 0.2) is 0 Å². The summed E-state index contributed by atoms with van der Waals surface area (Å²) < 4.78 is 6.06. The van der Waals surface area contributed by atoms with E-state index in [0.717, 1.165) is 28.0 Å². The molecule has 1 aliphatic heterocycles. The SMILES string of the molecule is CC(C)[C@@H]1NCCOc2ccccc2/C=C\CNC(=O)[C@H](Cc2ccccc2)NC(=O)C2(Cc3ccccc3C2)NC1=O. The molecule has 0 unspecified atom stereocenters. The van der Waals surface area contributed by atoms with Crippen molar-refractivity contribution in [1.82, 2.24) is 21.3 Å². The predicted octanol–water partition coefficient (Wildman–Crippen LogP) is 3.20. The van der Waals surface area contributed by atoms with Crippen molar-refractivity contribution in [1.29, 1.82) is 0 Å². The third-order valence-electron chi connectivity index (χ3n) is 8.09. The molecule has 2 atom stereocenters. The number of para-hydroxylation sites is 1. The van der Waals surface area contributed by atoms with Crippen LogP contribution in [0.5, 0.6) is 5.75 Å². The van der Waals surface area contributed by atoms with Crippen molar-refractivity contribution in [2.24, 2.45) is 5.92 Å². The number of fused-ring (bicyclic) bond motifs is 2. The highest BCUT2D eigenvalue weighted by atomic mass is 16.5. The van der Waals surface area contributed by atoms with Crippen LogP contribution in [0.2, 0.25) is 0 Å². The van der Waals surface area contributed by atoms with Gasteiger partial charge in [-0.05, 0) is 28.7 Å². The van der Waals surface area contributed by atoms with E-state index in [-0.39, 0.29) is 30.2 Å². The van der Waals surface area contributed by atoms with Crippen LogP contribution < -0.4 is 26.0 Å². The molecule has 43 heavy (non-hydrogen) atoms. The largest absolute Gasteiger partial charge is 0.492 e. The van der Waals surface area contributed by atoms with Gasteiger partial charge in [0.05, 0.1) is 6.04 Å². The number of benzene rings is 3. The van der Waals surface area contributed by atoms with E-state index < -0.39 is 17.6 Å². The highest BCUT2D eigenvalue weighted by Crippen LogP contribution is 2.31. The Hall–Kier alpha value is -4.43. The molecule has 3 amide bonds. The maximum absolute atomic E-state index is 14.2. The average Bonchev–Trinajstić information content (AvgIpc) is 3.38. The van der Waals surface area contributed by atoms with Crippen LogP contribution in [-0.2, 0) is 33.6 Å². The van der Waals surface area contributed by atoms with E-state index in [4.69, 9.17) is 4.74 Å². The zero-order valence-electron chi connectivity index (χ0n) is 24.8. The minimum absolute atomic E-state index is 0.0405. The molecule has 0 fully saturated rings. The first-order chi connectivity index (χ1) is 20.8. The summed E-state index contributed by atoms with van der Waals surface area (Å²) in [4.78, 5) is 41.7. The van der Waals surface area contributed by atoms with Gasteiger partial charge in [-0.25, -0.2) is 0 Å². The zero-order valence-corrected chi connectivity index (χ0v) is 24.8. The molecular formula is C35H40N4O4. The van der Waals surface area contributed by atoms with E-state index >= 15 is 0 Å². The second-order valence-electron chi connectivity index (χ2n) is 11.6. The highest BCUT2D eigenvalue weighted by Gasteiger charge is 2.47. The van der Waals surface area contributed by atoms with Crippen molar-refractivity contribution in [3.05, 3.63) is 107 Å². The Morgan fingerprint density at radius 2 is 1.53 bits per heavy atom. The molecule has 1 heterocycles. The van der Waals surface area contributed by atoms with Crippen LogP contribution in [0.25, 0.3) is 6.08 Å². The molecule has 5 rings (SSSR count). The maximum atomic E-state index is 14.2. The fraction of sp³-hybridized carbons (Fsp3) is 0.343. The fourth-order valence-electron chi connectivity index (χ4n) is 5.81. The molecule has 2 aliphatic rings. The van der Waals surface area contributed by atoms with E-state index in [9.17, 15) is 14.4 Å². The first kappa shape index (κ1) is 30.0. The molecule has 224 valence electrons. The van der Waals surface area contributed by atoms with Gasteiger partial charge in [-0.3, -0.25) is 14.4 Å². The molecule has 0 saturated heterocycles. The van der Waals surface area contributed by atoms with Crippen molar-refractivity contribution in [3.63, 3.8) is 0 Å². The molecule has 0 aromatic heterocycles. The van der Waals surface area contributed by atoms with E-state index in [0.29, 0.717) is 32.4 Å². The topological polar surface area (TPSA) is 109 Å². The van der Waals surface area contributed by atoms with Gasteiger partial charge in [-0.15, -0.1) is 0 Å². The normalized spacial score (nSPS) is 21.8. The van der Waals surface area contributed by atoms with Gasteiger partial charge in [-0.1, -0.05) is 98.8 Å². The molecule has 0 radical (unpaired) electrons. The van der Waals surface area contributed by atoms with Gasteiger partial charge in [0.1, 0.15) is 23.9 Å². The number of rotatable bonds is 3. The molecule has 0 saturated carbocycles. The molecule has 1 aliphatic carbocycles. The minimum atomic E-state index is -1.23. The van der Waals surface area contributed by atoms with Crippen LogP contribution in [0.3, 0.4) is 0 Å². The number of ether oxygens (including phenoxy) is 1. The Bertz CT molecular complexity index is 1440. The lowest BCUT2D eigenvalue weighted by atomic mass is 9.91. The second-order valence-corrected chi connectivity index (χ2v) is 11.6. The smallest absolute Gasteiger partial charge is 0.247 e. The van der Waals surface area contributed by atoms with E-state index in [1.807, 2.05) is 105 Å². The third kappa shape index (κ3) is 7.32. The van der Waals surface area contributed by atoms with Crippen LogP contribution in [0, 0.1) is 5.92 Å². The van der Waals surface area contributed by atoms with Gasteiger partial charge in [-0.2, -0.15) is 0 Å².